The van der Waals surface area contributed by atoms with Crippen LogP contribution in [0.25, 0.3) is 11.2 Å². The molecule has 0 saturated carbocycles. The Morgan fingerprint density at radius 2 is 2.11 bits per heavy atom. The highest BCUT2D eigenvalue weighted by Crippen LogP contribution is 2.32. The fraction of sp³-hybridized carbons (Fsp3) is 0.389. The zero-order chi connectivity index (χ0) is 19.8. The number of rotatable bonds is 4. The molecular weight excluding hydrogens is 406 g/mol. The topological polar surface area (TPSA) is 76.9 Å². The molecule has 0 unspecified atom stereocenters. The second-order valence-electron chi connectivity index (χ2n) is 6.86. The van der Waals surface area contributed by atoms with Crippen molar-refractivity contribution >= 4 is 51.9 Å². The highest BCUT2D eigenvalue weighted by atomic mass is 35.5. The van der Waals surface area contributed by atoms with Crippen LogP contribution < -0.4 is 10.6 Å². The average molecular weight is 425 g/mol. The highest BCUT2D eigenvalue weighted by molar-refractivity contribution is 6.36. The minimum absolute atomic E-state index is 0.104. The van der Waals surface area contributed by atoms with E-state index in [4.69, 9.17) is 27.9 Å². The lowest BCUT2D eigenvalue weighted by Crippen LogP contribution is -2.36. The standard InChI is InChI=1S/C18H19Cl2FN6O/c1-9-8-28-4-3-13(9)23-17-22-7-14-16(26-17)27(2)18(24-14)25-15-11(20)5-10(19)6-12(15)21/h5-7,9,13H,3-4,8H2,1-2H3,(H,24,25)(H,22,23,26)/t9-,13+/m1/s1. The lowest BCUT2D eigenvalue weighted by atomic mass is 9.98. The van der Waals surface area contributed by atoms with Gasteiger partial charge in [0.25, 0.3) is 0 Å². The Balaban J connectivity index is 1.62. The number of fused-ring (bicyclic) bond motifs is 1. The minimum atomic E-state index is -0.563. The fourth-order valence-electron chi connectivity index (χ4n) is 3.20. The molecule has 0 aliphatic carbocycles. The van der Waals surface area contributed by atoms with E-state index in [0.717, 1.165) is 13.0 Å². The predicted molar refractivity (Wildman–Crippen MR) is 108 cm³/mol. The second-order valence-corrected chi connectivity index (χ2v) is 7.70. The minimum Gasteiger partial charge on any atom is -0.381 e. The lowest BCUT2D eigenvalue weighted by Gasteiger charge is -2.29. The summed E-state index contributed by atoms with van der Waals surface area (Å²) in [6.07, 6.45) is 2.54. The maximum atomic E-state index is 14.2. The Hall–Kier alpha value is -2.16. The molecule has 1 aromatic carbocycles. The van der Waals surface area contributed by atoms with Gasteiger partial charge in [0.15, 0.2) is 5.65 Å². The number of aryl methyl sites for hydroxylation is 1. The van der Waals surface area contributed by atoms with Gasteiger partial charge in [-0.25, -0.2) is 14.4 Å². The molecule has 0 amide bonds. The summed E-state index contributed by atoms with van der Waals surface area (Å²) in [7, 11) is 1.78. The van der Waals surface area contributed by atoms with E-state index < -0.39 is 5.82 Å². The SMILES string of the molecule is C[C@@H]1COCC[C@@H]1Nc1ncc2nc(Nc3c(F)cc(Cl)cc3Cl)n(C)c2n1. The number of nitrogens with zero attached hydrogens (tertiary/aromatic N) is 4. The number of imidazole rings is 1. The fourth-order valence-corrected chi connectivity index (χ4v) is 3.71. The number of halogens is 3. The largest absolute Gasteiger partial charge is 0.381 e. The van der Waals surface area contributed by atoms with E-state index in [1.165, 1.54) is 12.1 Å². The number of nitrogens with one attached hydrogen (secondary N) is 2. The molecule has 0 spiro atoms. The average Bonchev–Trinajstić information content (AvgIpc) is 2.96. The first-order chi connectivity index (χ1) is 13.4. The van der Waals surface area contributed by atoms with Crippen molar-refractivity contribution in [3.05, 3.63) is 34.2 Å². The van der Waals surface area contributed by atoms with E-state index in [1.807, 2.05) is 0 Å². The third-order valence-corrected chi connectivity index (χ3v) is 5.33. The Morgan fingerprint density at radius 1 is 1.29 bits per heavy atom. The maximum absolute atomic E-state index is 14.2. The first kappa shape index (κ1) is 19.2. The molecule has 148 valence electrons. The van der Waals surface area contributed by atoms with E-state index in [2.05, 4.69) is 32.5 Å². The summed E-state index contributed by atoms with van der Waals surface area (Å²) in [5.41, 5.74) is 1.30. The molecule has 1 saturated heterocycles. The summed E-state index contributed by atoms with van der Waals surface area (Å²) in [5, 5.41) is 6.68. The van der Waals surface area contributed by atoms with Crippen LogP contribution in [0, 0.1) is 11.7 Å². The molecule has 7 nitrogen and oxygen atoms in total. The number of ether oxygens (including phenoxy) is 1. The van der Waals surface area contributed by atoms with Gasteiger partial charge in [-0.2, -0.15) is 4.98 Å². The van der Waals surface area contributed by atoms with Crippen LogP contribution in [0.3, 0.4) is 0 Å². The molecule has 28 heavy (non-hydrogen) atoms. The van der Waals surface area contributed by atoms with Crippen molar-refractivity contribution in [2.24, 2.45) is 13.0 Å². The molecule has 0 radical (unpaired) electrons. The van der Waals surface area contributed by atoms with Crippen LogP contribution in [0.1, 0.15) is 13.3 Å². The quantitative estimate of drug-likeness (QED) is 0.646. The van der Waals surface area contributed by atoms with Gasteiger partial charge in [0, 0.05) is 24.7 Å². The predicted octanol–water partition coefficient (Wildman–Crippen LogP) is 4.39. The van der Waals surface area contributed by atoms with Crippen molar-refractivity contribution in [3.8, 4) is 0 Å². The third-order valence-electron chi connectivity index (χ3n) is 4.81. The molecule has 1 fully saturated rings. The molecule has 0 bridgehead atoms. The van der Waals surface area contributed by atoms with Crippen LogP contribution in [0.5, 0.6) is 0 Å². The Bertz CT molecular complexity index is 1000. The monoisotopic (exact) mass is 424 g/mol. The van der Waals surface area contributed by atoms with Gasteiger partial charge in [-0.05, 0) is 24.5 Å². The van der Waals surface area contributed by atoms with Crippen LogP contribution in [0.15, 0.2) is 18.3 Å². The molecule has 3 aromatic rings. The molecule has 2 N–H and O–H groups in total. The molecule has 2 aromatic heterocycles. The first-order valence-corrected chi connectivity index (χ1v) is 9.63. The third kappa shape index (κ3) is 3.72. The summed E-state index contributed by atoms with van der Waals surface area (Å²) < 4.78 is 21.4. The lowest BCUT2D eigenvalue weighted by molar-refractivity contribution is 0.0536. The summed E-state index contributed by atoms with van der Waals surface area (Å²) >= 11 is 11.9. The van der Waals surface area contributed by atoms with E-state index in [9.17, 15) is 4.39 Å². The smallest absolute Gasteiger partial charge is 0.224 e. The number of anilines is 3. The maximum Gasteiger partial charge on any atom is 0.224 e. The second kappa shape index (κ2) is 7.69. The number of benzene rings is 1. The zero-order valence-corrected chi connectivity index (χ0v) is 16.9. The summed E-state index contributed by atoms with van der Waals surface area (Å²) in [6.45, 7) is 3.57. The molecule has 3 heterocycles. The van der Waals surface area contributed by atoms with Gasteiger partial charge in [-0.1, -0.05) is 30.1 Å². The zero-order valence-electron chi connectivity index (χ0n) is 15.3. The van der Waals surface area contributed by atoms with E-state index >= 15 is 0 Å². The van der Waals surface area contributed by atoms with Crippen molar-refractivity contribution in [2.75, 3.05) is 23.8 Å². The summed E-state index contributed by atoms with van der Waals surface area (Å²) in [6, 6.07) is 2.91. The van der Waals surface area contributed by atoms with Crippen molar-refractivity contribution < 1.29 is 9.13 Å². The highest BCUT2D eigenvalue weighted by Gasteiger charge is 2.23. The van der Waals surface area contributed by atoms with Gasteiger partial charge in [-0.3, -0.25) is 4.57 Å². The van der Waals surface area contributed by atoms with Crippen molar-refractivity contribution in [2.45, 2.75) is 19.4 Å². The van der Waals surface area contributed by atoms with E-state index in [1.54, 1.807) is 17.8 Å². The van der Waals surface area contributed by atoms with Crippen LogP contribution >= 0.6 is 23.2 Å². The first-order valence-electron chi connectivity index (χ1n) is 8.87. The Kier molecular flexibility index (Phi) is 5.27. The Morgan fingerprint density at radius 3 is 2.86 bits per heavy atom. The molecule has 4 rings (SSSR count). The van der Waals surface area contributed by atoms with Crippen LogP contribution in [0.4, 0.5) is 22.0 Å². The van der Waals surface area contributed by atoms with Crippen molar-refractivity contribution in [3.63, 3.8) is 0 Å². The number of hydrogen-bond acceptors (Lipinski definition) is 6. The van der Waals surface area contributed by atoms with Gasteiger partial charge in [0.2, 0.25) is 11.9 Å². The van der Waals surface area contributed by atoms with Gasteiger partial charge >= 0.3 is 0 Å². The van der Waals surface area contributed by atoms with Crippen LogP contribution in [-0.2, 0) is 11.8 Å². The van der Waals surface area contributed by atoms with Gasteiger partial charge in [-0.15, -0.1) is 0 Å². The molecule has 1 aliphatic heterocycles. The van der Waals surface area contributed by atoms with E-state index in [-0.39, 0.29) is 21.8 Å². The Labute approximate surface area is 171 Å². The number of hydrogen-bond donors (Lipinski definition) is 2. The van der Waals surface area contributed by atoms with Crippen molar-refractivity contribution in [1.82, 2.24) is 19.5 Å². The summed E-state index contributed by atoms with van der Waals surface area (Å²) in [4.78, 5) is 13.4. The molecule has 10 heteroatoms. The van der Waals surface area contributed by atoms with Gasteiger partial charge in [0.05, 0.1) is 23.5 Å². The van der Waals surface area contributed by atoms with Gasteiger partial charge < -0.3 is 15.4 Å². The van der Waals surface area contributed by atoms with Crippen molar-refractivity contribution in [1.29, 1.82) is 0 Å². The summed E-state index contributed by atoms with van der Waals surface area (Å²) in [5.74, 6) is 0.721. The molecule has 1 aliphatic rings. The van der Waals surface area contributed by atoms with E-state index in [0.29, 0.717) is 35.6 Å². The van der Waals surface area contributed by atoms with Crippen LogP contribution in [-0.4, -0.2) is 38.8 Å². The number of aromatic nitrogens is 4. The van der Waals surface area contributed by atoms with Crippen LogP contribution in [0.2, 0.25) is 10.0 Å². The van der Waals surface area contributed by atoms with Gasteiger partial charge in [0.1, 0.15) is 11.3 Å². The molecule has 2 atom stereocenters. The normalized spacial score (nSPS) is 19.8. The molecular formula is C18H19Cl2FN6O.